The van der Waals surface area contributed by atoms with Crippen LogP contribution in [0.3, 0.4) is 0 Å². The van der Waals surface area contributed by atoms with E-state index in [1.54, 1.807) is 11.8 Å². The van der Waals surface area contributed by atoms with Gasteiger partial charge < -0.3 is 22.1 Å². The molecule has 6 nitrogen and oxygen atoms in total. The van der Waals surface area contributed by atoms with E-state index in [4.69, 9.17) is 22.3 Å². The van der Waals surface area contributed by atoms with Gasteiger partial charge in [-0.15, -0.1) is 0 Å². The zero-order valence-corrected chi connectivity index (χ0v) is 14.8. The number of nitrogens with one attached hydrogen (secondary N) is 4. The largest absolute Gasteiger partial charge is 0.370 e. The van der Waals surface area contributed by atoms with Crippen molar-refractivity contribution < 1.29 is 0 Å². The van der Waals surface area contributed by atoms with E-state index < -0.39 is 0 Å². The number of rotatable bonds is 8. The van der Waals surface area contributed by atoms with Crippen LogP contribution in [0.5, 0.6) is 0 Å². The first-order valence-corrected chi connectivity index (χ1v) is 8.87. The Morgan fingerprint density at radius 2 is 1.16 bits per heavy atom. The Hall–Kier alpha value is -2.67. The molecule has 2 aromatic rings. The van der Waals surface area contributed by atoms with Gasteiger partial charge in [-0.2, -0.15) is 0 Å². The highest BCUT2D eigenvalue weighted by Gasteiger charge is 2.08. The monoisotopic (exact) mass is 356 g/mol. The van der Waals surface area contributed by atoms with Crippen molar-refractivity contribution in [3.8, 4) is 0 Å². The fourth-order valence-electron chi connectivity index (χ4n) is 2.40. The van der Waals surface area contributed by atoms with Crippen LogP contribution in [-0.2, 0) is 12.8 Å². The van der Waals surface area contributed by atoms with E-state index in [0.717, 1.165) is 12.8 Å². The third-order valence-corrected chi connectivity index (χ3v) is 4.82. The fraction of sp³-hybridized carbons (Fsp3) is 0.222. The highest BCUT2D eigenvalue weighted by atomic mass is 32.2. The summed E-state index contributed by atoms with van der Waals surface area (Å²) in [5.41, 5.74) is 13.1. The molecule has 0 aliphatic rings. The van der Waals surface area contributed by atoms with Crippen LogP contribution in [0.4, 0.5) is 0 Å². The van der Waals surface area contributed by atoms with Crippen LogP contribution >= 0.6 is 11.8 Å². The Bertz CT molecular complexity index is 670. The fourth-order valence-corrected chi connectivity index (χ4v) is 3.53. The minimum atomic E-state index is -0.00606. The van der Waals surface area contributed by atoms with Crippen molar-refractivity contribution in [1.82, 2.24) is 10.6 Å². The summed E-state index contributed by atoms with van der Waals surface area (Å²) in [6.07, 6.45) is 1.60. The van der Waals surface area contributed by atoms with Gasteiger partial charge in [0.05, 0.1) is 0 Å². The Kier molecular flexibility index (Phi) is 7.16. The van der Waals surface area contributed by atoms with E-state index in [1.807, 2.05) is 24.3 Å². The van der Waals surface area contributed by atoms with Crippen LogP contribution in [0.15, 0.2) is 58.3 Å². The second-order valence-electron chi connectivity index (χ2n) is 5.50. The Morgan fingerprint density at radius 3 is 1.56 bits per heavy atom. The van der Waals surface area contributed by atoms with Crippen LogP contribution < -0.4 is 22.1 Å². The third kappa shape index (κ3) is 6.39. The molecule has 2 aromatic carbocycles. The van der Waals surface area contributed by atoms with Gasteiger partial charge in [0, 0.05) is 22.9 Å². The first-order chi connectivity index (χ1) is 12.1. The van der Waals surface area contributed by atoms with Crippen molar-refractivity contribution in [2.45, 2.75) is 22.6 Å². The minimum absolute atomic E-state index is 0.00606. The van der Waals surface area contributed by atoms with Crippen LogP contribution in [0.2, 0.25) is 0 Å². The molecule has 132 valence electrons. The summed E-state index contributed by atoms with van der Waals surface area (Å²) >= 11 is 1.73. The van der Waals surface area contributed by atoms with Crippen molar-refractivity contribution in [1.29, 1.82) is 10.8 Å². The summed E-state index contributed by atoms with van der Waals surface area (Å²) in [6.45, 7) is 1.27. The summed E-state index contributed by atoms with van der Waals surface area (Å²) in [4.78, 5) is 2.39. The normalized spacial score (nSPS) is 10.2. The molecule has 2 rings (SSSR count). The molecule has 0 saturated heterocycles. The quantitative estimate of drug-likeness (QED) is 0.318. The summed E-state index contributed by atoms with van der Waals surface area (Å²) in [5.74, 6) is -0.0121. The highest BCUT2D eigenvalue weighted by Crippen LogP contribution is 2.33. The van der Waals surface area contributed by atoms with Crippen molar-refractivity contribution >= 4 is 23.7 Å². The summed E-state index contributed by atoms with van der Waals surface area (Å²) in [7, 11) is 0. The molecule has 0 atom stereocenters. The number of nitrogens with two attached hydrogens (primary N) is 2. The van der Waals surface area contributed by atoms with Crippen molar-refractivity contribution in [3.05, 3.63) is 59.7 Å². The van der Waals surface area contributed by atoms with E-state index in [2.05, 4.69) is 34.9 Å². The maximum absolute atomic E-state index is 7.25. The number of hydrogen-bond donors (Lipinski definition) is 6. The lowest BCUT2D eigenvalue weighted by atomic mass is 10.1. The summed E-state index contributed by atoms with van der Waals surface area (Å²) in [6, 6.07) is 16.5. The van der Waals surface area contributed by atoms with E-state index in [-0.39, 0.29) is 11.9 Å². The molecular weight excluding hydrogens is 332 g/mol. The number of guanidine groups is 2. The van der Waals surface area contributed by atoms with E-state index in [9.17, 15) is 0 Å². The smallest absolute Gasteiger partial charge is 0.185 e. The SMILES string of the molecule is N=C(N)NCCc1ccccc1Sc1ccccc1CCNC(=N)N. The lowest BCUT2D eigenvalue weighted by Crippen LogP contribution is -2.31. The zero-order valence-electron chi connectivity index (χ0n) is 14.0. The average molecular weight is 356 g/mol. The van der Waals surface area contributed by atoms with Gasteiger partial charge in [-0.25, -0.2) is 0 Å². The van der Waals surface area contributed by atoms with Crippen LogP contribution in [-0.4, -0.2) is 25.0 Å². The molecule has 0 fully saturated rings. The Labute approximate surface area is 152 Å². The second kappa shape index (κ2) is 9.58. The van der Waals surface area contributed by atoms with Gasteiger partial charge in [-0.1, -0.05) is 48.2 Å². The maximum atomic E-state index is 7.25. The molecular formula is C18H24N6S. The van der Waals surface area contributed by atoms with Crippen LogP contribution in [0.1, 0.15) is 11.1 Å². The summed E-state index contributed by atoms with van der Waals surface area (Å²) in [5, 5.41) is 20.2. The van der Waals surface area contributed by atoms with Crippen molar-refractivity contribution in [2.24, 2.45) is 11.5 Å². The Morgan fingerprint density at radius 1 is 0.760 bits per heavy atom. The molecule has 0 aliphatic carbocycles. The molecule has 0 aromatic heterocycles. The molecule has 0 saturated carbocycles. The van der Waals surface area contributed by atoms with Crippen LogP contribution in [0.25, 0.3) is 0 Å². The van der Waals surface area contributed by atoms with Crippen molar-refractivity contribution in [2.75, 3.05) is 13.1 Å². The first-order valence-electron chi connectivity index (χ1n) is 8.05. The van der Waals surface area contributed by atoms with E-state index in [1.165, 1.54) is 20.9 Å². The molecule has 0 spiro atoms. The van der Waals surface area contributed by atoms with Gasteiger partial charge >= 0.3 is 0 Å². The molecule has 0 amide bonds. The predicted molar refractivity (Wildman–Crippen MR) is 104 cm³/mol. The molecule has 0 heterocycles. The molecule has 8 N–H and O–H groups in total. The molecule has 0 unspecified atom stereocenters. The maximum Gasteiger partial charge on any atom is 0.185 e. The van der Waals surface area contributed by atoms with E-state index >= 15 is 0 Å². The molecule has 7 heteroatoms. The van der Waals surface area contributed by atoms with Gasteiger partial charge in [0.1, 0.15) is 0 Å². The standard InChI is InChI=1S/C18H24N6S/c19-17(20)23-11-9-13-5-1-3-7-15(13)25-16-8-4-2-6-14(16)10-12-24-18(21)22/h1-8H,9-12H2,(H4,19,20,23)(H4,21,22,24). The zero-order chi connectivity index (χ0) is 18.1. The first kappa shape index (κ1) is 18.7. The molecule has 0 radical (unpaired) electrons. The average Bonchev–Trinajstić information content (AvgIpc) is 2.57. The van der Waals surface area contributed by atoms with Gasteiger partial charge in [-0.05, 0) is 36.1 Å². The number of benzene rings is 2. The molecule has 0 aliphatic heterocycles. The van der Waals surface area contributed by atoms with Crippen LogP contribution in [0, 0.1) is 10.8 Å². The van der Waals surface area contributed by atoms with E-state index in [0.29, 0.717) is 13.1 Å². The Balaban J connectivity index is 2.09. The second-order valence-corrected chi connectivity index (χ2v) is 6.58. The lowest BCUT2D eigenvalue weighted by molar-refractivity contribution is 0.839. The van der Waals surface area contributed by atoms with Gasteiger partial charge in [0.15, 0.2) is 11.9 Å². The van der Waals surface area contributed by atoms with Crippen molar-refractivity contribution in [3.63, 3.8) is 0 Å². The number of hydrogen-bond acceptors (Lipinski definition) is 3. The topological polar surface area (TPSA) is 124 Å². The summed E-state index contributed by atoms with van der Waals surface area (Å²) < 4.78 is 0. The van der Waals surface area contributed by atoms with Gasteiger partial charge in [0.2, 0.25) is 0 Å². The predicted octanol–water partition coefficient (Wildman–Crippen LogP) is 1.89. The molecule has 0 bridgehead atoms. The lowest BCUT2D eigenvalue weighted by Gasteiger charge is -2.13. The third-order valence-electron chi connectivity index (χ3n) is 3.58. The molecule has 25 heavy (non-hydrogen) atoms. The van der Waals surface area contributed by atoms with Gasteiger partial charge in [-0.3, -0.25) is 10.8 Å². The minimum Gasteiger partial charge on any atom is -0.370 e. The van der Waals surface area contributed by atoms with Gasteiger partial charge in [0.25, 0.3) is 0 Å². The highest BCUT2D eigenvalue weighted by molar-refractivity contribution is 7.99.